The highest BCUT2D eigenvalue weighted by molar-refractivity contribution is 7.98. The van der Waals surface area contributed by atoms with Crippen molar-refractivity contribution < 1.29 is 4.39 Å². The van der Waals surface area contributed by atoms with Crippen LogP contribution in [0.5, 0.6) is 0 Å². The van der Waals surface area contributed by atoms with E-state index in [-0.39, 0.29) is 5.82 Å². The van der Waals surface area contributed by atoms with Gasteiger partial charge >= 0.3 is 0 Å². The second kappa shape index (κ2) is 7.81. The summed E-state index contributed by atoms with van der Waals surface area (Å²) in [6.45, 7) is 4.54. The van der Waals surface area contributed by atoms with E-state index in [0.717, 1.165) is 43.4 Å². The van der Waals surface area contributed by atoms with Crippen molar-refractivity contribution in [2.45, 2.75) is 11.4 Å². The van der Waals surface area contributed by atoms with Crippen molar-refractivity contribution in [3.05, 3.63) is 42.0 Å². The predicted octanol–water partition coefficient (Wildman–Crippen LogP) is 2.70. The van der Waals surface area contributed by atoms with Crippen molar-refractivity contribution in [1.29, 1.82) is 0 Å². The molecule has 0 amide bonds. The van der Waals surface area contributed by atoms with Crippen LogP contribution < -0.4 is 10.2 Å². The molecule has 2 aromatic rings. The van der Waals surface area contributed by atoms with Gasteiger partial charge in [-0.05, 0) is 31.5 Å². The summed E-state index contributed by atoms with van der Waals surface area (Å²) in [5.41, 5.74) is 1.73. The van der Waals surface area contributed by atoms with E-state index < -0.39 is 0 Å². The lowest BCUT2D eigenvalue weighted by molar-refractivity contribution is 0.311. The Morgan fingerprint density at radius 1 is 1.17 bits per heavy atom. The van der Waals surface area contributed by atoms with Gasteiger partial charge in [0.25, 0.3) is 0 Å². The molecule has 1 fully saturated rings. The summed E-state index contributed by atoms with van der Waals surface area (Å²) < 4.78 is 13.8. The zero-order chi connectivity index (χ0) is 16.9. The van der Waals surface area contributed by atoms with Crippen molar-refractivity contribution in [2.75, 3.05) is 49.7 Å². The van der Waals surface area contributed by atoms with Crippen LogP contribution in [0.4, 0.5) is 16.0 Å². The van der Waals surface area contributed by atoms with Crippen LogP contribution in [0.3, 0.4) is 0 Å². The summed E-state index contributed by atoms with van der Waals surface area (Å²) in [4.78, 5) is 14.1. The molecule has 2 heterocycles. The van der Waals surface area contributed by atoms with Crippen LogP contribution in [0.15, 0.2) is 35.5 Å². The minimum Gasteiger partial charge on any atom is -0.381 e. The molecule has 0 spiro atoms. The molecule has 1 N–H and O–H groups in total. The molecule has 0 saturated carbocycles. The Morgan fingerprint density at radius 2 is 1.88 bits per heavy atom. The Balaban J connectivity index is 1.57. The second-order valence-electron chi connectivity index (χ2n) is 5.88. The van der Waals surface area contributed by atoms with Gasteiger partial charge < -0.3 is 15.1 Å². The number of nitrogens with zero attached hydrogens (tertiary/aromatic N) is 4. The molecule has 1 saturated heterocycles. The zero-order valence-corrected chi connectivity index (χ0v) is 14.8. The van der Waals surface area contributed by atoms with E-state index >= 15 is 0 Å². The quantitative estimate of drug-likeness (QED) is 0.839. The SMILES string of the molecule is CSc1ccc(NCc2cnc(N3CCN(C)CC3)nc2)cc1F. The van der Waals surface area contributed by atoms with Crippen LogP contribution in [0.25, 0.3) is 0 Å². The average molecular weight is 347 g/mol. The monoisotopic (exact) mass is 347 g/mol. The fourth-order valence-corrected chi connectivity index (χ4v) is 3.05. The van der Waals surface area contributed by atoms with E-state index in [1.54, 1.807) is 6.07 Å². The lowest BCUT2D eigenvalue weighted by Crippen LogP contribution is -2.45. The van der Waals surface area contributed by atoms with E-state index in [0.29, 0.717) is 11.4 Å². The molecule has 1 aliphatic rings. The predicted molar refractivity (Wildman–Crippen MR) is 97.2 cm³/mol. The molecule has 128 valence electrons. The van der Waals surface area contributed by atoms with Crippen LogP contribution in [0, 0.1) is 5.82 Å². The minimum atomic E-state index is -0.200. The molecule has 0 unspecified atom stereocenters. The molecule has 0 atom stereocenters. The molecular formula is C17H22FN5S. The number of hydrogen-bond donors (Lipinski definition) is 1. The molecule has 7 heteroatoms. The van der Waals surface area contributed by atoms with E-state index in [2.05, 4.69) is 32.1 Å². The van der Waals surface area contributed by atoms with Gasteiger partial charge in [-0.2, -0.15) is 0 Å². The first-order valence-electron chi connectivity index (χ1n) is 7.97. The van der Waals surface area contributed by atoms with Crippen LogP contribution in [0.1, 0.15) is 5.56 Å². The highest BCUT2D eigenvalue weighted by Crippen LogP contribution is 2.22. The number of thioether (sulfide) groups is 1. The molecule has 1 aromatic heterocycles. The van der Waals surface area contributed by atoms with E-state index in [4.69, 9.17) is 0 Å². The fraction of sp³-hybridized carbons (Fsp3) is 0.412. The number of halogens is 1. The van der Waals surface area contributed by atoms with E-state index in [9.17, 15) is 4.39 Å². The van der Waals surface area contributed by atoms with Crippen molar-refractivity contribution >= 4 is 23.4 Å². The third kappa shape index (κ3) is 4.15. The maximum absolute atomic E-state index is 13.8. The molecule has 3 rings (SSSR count). The largest absolute Gasteiger partial charge is 0.381 e. The Bertz CT molecular complexity index is 671. The molecular weight excluding hydrogens is 325 g/mol. The van der Waals surface area contributed by atoms with Gasteiger partial charge in [0.1, 0.15) is 5.82 Å². The highest BCUT2D eigenvalue weighted by Gasteiger charge is 2.16. The molecule has 1 aliphatic heterocycles. The number of hydrogen-bond acceptors (Lipinski definition) is 6. The third-order valence-corrected chi connectivity index (χ3v) is 4.90. The number of aromatic nitrogens is 2. The summed E-state index contributed by atoms with van der Waals surface area (Å²) >= 11 is 1.40. The lowest BCUT2D eigenvalue weighted by atomic mass is 10.3. The average Bonchev–Trinajstić information content (AvgIpc) is 2.61. The highest BCUT2D eigenvalue weighted by atomic mass is 32.2. The van der Waals surface area contributed by atoms with Gasteiger partial charge in [0, 0.05) is 61.3 Å². The number of rotatable bonds is 5. The number of benzene rings is 1. The normalized spacial score (nSPS) is 15.5. The zero-order valence-electron chi connectivity index (χ0n) is 14.0. The summed E-state index contributed by atoms with van der Waals surface area (Å²) in [5, 5.41) is 3.21. The number of anilines is 2. The molecule has 0 aliphatic carbocycles. The first kappa shape index (κ1) is 17.0. The fourth-order valence-electron chi connectivity index (χ4n) is 2.59. The van der Waals surface area contributed by atoms with Gasteiger partial charge in [-0.1, -0.05) is 0 Å². The smallest absolute Gasteiger partial charge is 0.225 e. The molecule has 1 aromatic carbocycles. The maximum atomic E-state index is 13.8. The summed E-state index contributed by atoms with van der Waals surface area (Å²) in [6.07, 6.45) is 5.53. The van der Waals surface area contributed by atoms with Gasteiger partial charge in [0.2, 0.25) is 5.95 Å². The Kier molecular flexibility index (Phi) is 5.52. The number of nitrogens with one attached hydrogen (secondary N) is 1. The summed E-state index contributed by atoms with van der Waals surface area (Å²) in [6, 6.07) is 5.19. The number of piperazine rings is 1. The Morgan fingerprint density at radius 3 is 2.50 bits per heavy atom. The standard InChI is InChI=1S/C17H22FN5S/c1-22-5-7-23(8-6-22)17-20-11-13(12-21-17)10-19-14-3-4-16(24-2)15(18)9-14/h3-4,9,11-12,19H,5-8,10H2,1-2H3. The molecule has 0 radical (unpaired) electrons. The van der Waals surface area contributed by atoms with Crippen LogP contribution >= 0.6 is 11.8 Å². The van der Waals surface area contributed by atoms with Gasteiger partial charge in [0.05, 0.1) is 0 Å². The second-order valence-corrected chi connectivity index (χ2v) is 6.73. The van der Waals surface area contributed by atoms with E-state index in [1.807, 2.05) is 24.7 Å². The van der Waals surface area contributed by atoms with Gasteiger partial charge in [-0.3, -0.25) is 0 Å². The maximum Gasteiger partial charge on any atom is 0.225 e. The first-order valence-corrected chi connectivity index (χ1v) is 9.20. The lowest BCUT2D eigenvalue weighted by Gasteiger charge is -2.32. The van der Waals surface area contributed by atoms with Gasteiger partial charge in [-0.25, -0.2) is 14.4 Å². The minimum absolute atomic E-state index is 0.200. The van der Waals surface area contributed by atoms with Crippen molar-refractivity contribution in [3.8, 4) is 0 Å². The third-order valence-electron chi connectivity index (χ3n) is 4.13. The molecule has 0 bridgehead atoms. The Hall–Kier alpha value is -1.86. The first-order chi connectivity index (χ1) is 11.7. The molecule has 24 heavy (non-hydrogen) atoms. The Labute approximate surface area is 146 Å². The summed E-state index contributed by atoms with van der Waals surface area (Å²) in [7, 11) is 2.13. The topological polar surface area (TPSA) is 44.3 Å². The van der Waals surface area contributed by atoms with Crippen LogP contribution in [-0.4, -0.2) is 54.4 Å². The van der Waals surface area contributed by atoms with Crippen LogP contribution in [-0.2, 0) is 6.54 Å². The molecule has 5 nitrogen and oxygen atoms in total. The van der Waals surface area contributed by atoms with Gasteiger partial charge in [0.15, 0.2) is 0 Å². The van der Waals surface area contributed by atoms with Crippen molar-refractivity contribution in [1.82, 2.24) is 14.9 Å². The van der Waals surface area contributed by atoms with Crippen molar-refractivity contribution in [3.63, 3.8) is 0 Å². The summed E-state index contributed by atoms with van der Waals surface area (Å²) in [5.74, 6) is 0.580. The number of likely N-dealkylation sites (N-methyl/N-ethyl adjacent to an activating group) is 1. The van der Waals surface area contributed by atoms with Crippen LogP contribution in [0.2, 0.25) is 0 Å². The van der Waals surface area contributed by atoms with E-state index in [1.165, 1.54) is 17.8 Å². The van der Waals surface area contributed by atoms with Crippen molar-refractivity contribution in [2.24, 2.45) is 0 Å². The van der Waals surface area contributed by atoms with Gasteiger partial charge in [-0.15, -0.1) is 11.8 Å².